The molecule has 0 N–H and O–H groups in total. The molecule has 0 bridgehead atoms. The standard InChI is InChI=1S/C20H23N3O5S/c1-14-6-5-7-15(12-14)20-21-19(22-28-20)10-11-23(2)29(24,25)16-8-9-17(26-3)18(13-16)27-4/h5-9,12-13H,10-11H2,1-4H3. The maximum atomic E-state index is 12.9. The second-order valence-electron chi connectivity index (χ2n) is 6.48. The summed E-state index contributed by atoms with van der Waals surface area (Å²) >= 11 is 0. The number of sulfonamides is 1. The van der Waals surface area contributed by atoms with E-state index >= 15 is 0 Å². The van der Waals surface area contributed by atoms with Crippen LogP contribution in [-0.4, -0.2) is 50.7 Å². The first-order chi connectivity index (χ1) is 13.8. The van der Waals surface area contributed by atoms with Crippen molar-refractivity contribution in [3.63, 3.8) is 0 Å². The zero-order valence-electron chi connectivity index (χ0n) is 16.7. The minimum atomic E-state index is -3.71. The molecule has 0 aliphatic rings. The Bertz CT molecular complexity index is 1100. The molecule has 0 radical (unpaired) electrons. The molecule has 0 spiro atoms. The Morgan fingerprint density at radius 2 is 1.83 bits per heavy atom. The van der Waals surface area contributed by atoms with Crippen LogP contribution in [0.1, 0.15) is 11.4 Å². The highest BCUT2D eigenvalue weighted by molar-refractivity contribution is 7.89. The van der Waals surface area contributed by atoms with E-state index in [2.05, 4.69) is 10.1 Å². The monoisotopic (exact) mass is 417 g/mol. The minimum absolute atomic E-state index is 0.117. The van der Waals surface area contributed by atoms with Gasteiger partial charge in [0.05, 0.1) is 19.1 Å². The fourth-order valence-corrected chi connectivity index (χ4v) is 3.97. The van der Waals surface area contributed by atoms with E-state index in [1.165, 1.54) is 37.7 Å². The molecule has 0 unspecified atom stereocenters. The van der Waals surface area contributed by atoms with Crippen molar-refractivity contribution in [1.82, 2.24) is 14.4 Å². The van der Waals surface area contributed by atoms with Crippen molar-refractivity contribution in [3.8, 4) is 23.0 Å². The van der Waals surface area contributed by atoms with E-state index < -0.39 is 10.0 Å². The van der Waals surface area contributed by atoms with Crippen LogP contribution in [0.5, 0.6) is 11.5 Å². The third-order valence-corrected chi connectivity index (χ3v) is 6.30. The lowest BCUT2D eigenvalue weighted by molar-refractivity contribution is 0.353. The van der Waals surface area contributed by atoms with Gasteiger partial charge in [0.2, 0.25) is 10.0 Å². The van der Waals surface area contributed by atoms with Crippen LogP contribution in [0.15, 0.2) is 51.9 Å². The number of benzene rings is 2. The summed E-state index contributed by atoms with van der Waals surface area (Å²) in [5.41, 5.74) is 1.91. The fraction of sp³-hybridized carbons (Fsp3) is 0.300. The van der Waals surface area contributed by atoms with E-state index in [0.717, 1.165) is 11.1 Å². The topological polar surface area (TPSA) is 94.8 Å². The molecule has 0 saturated carbocycles. The van der Waals surface area contributed by atoms with Gasteiger partial charge >= 0.3 is 0 Å². The Morgan fingerprint density at radius 1 is 1.07 bits per heavy atom. The van der Waals surface area contributed by atoms with E-state index in [1.54, 1.807) is 6.07 Å². The van der Waals surface area contributed by atoms with Gasteiger partial charge in [0, 0.05) is 31.6 Å². The number of hydrogen-bond donors (Lipinski definition) is 0. The van der Waals surface area contributed by atoms with Crippen LogP contribution in [-0.2, 0) is 16.4 Å². The van der Waals surface area contributed by atoms with Crippen LogP contribution >= 0.6 is 0 Å². The van der Waals surface area contributed by atoms with Crippen molar-refractivity contribution in [2.75, 3.05) is 27.8 Å². The molecule has 9 heteroatoms. The van der Waals surface area contributed by atoms with Gasteiger partial charge in [0.25, 0.3) is 5.89 Å². The van der Waals surface area contributed by atoms with E-state index in [4.69, 9.17) is 14.0 Å². The fourth-order valence-electron chi connectivity index (χ4n) is 2.79. The third-order valence-electron chi connectivity index (χ3n) is 4.45. The van der Waals surface area contributed by atoms with Gasteiger partial charge in [0.15, 0.2) is 17.3 Å². The predicted molar refractivity (Wildman–Crippen MR) is 108 cm³/mol. The van der Waals surface area contributed by atoms with Gasteiger partial charge in [-0.15, -0.1) is 0 Å². The summed E-state index contributed by atoms with van der Waals surface area (Å²) in [5, 5.41) is 3.95. The zero-order chi connectivity index (χ0) is 21.0. The largest absolute Gasteiger partial charge is 0.493 e. The summed E-state index contributed by atoms with van der Waals surface area (Å²) in [6.07, 6.45) is 0.318. The molecule has 0 saturated heterocycles. The number of rotatable bonds is 8. The molecule has 0 amide bonds. The Labute approximate surface area is 170 Å². The molecule has 1 heterocycles. The summed E-state index contributed by atoms with van der Waals surface area (Å²) in [4.78, 5) is 4.48. The third kappa shape index (κ3) is 4.57. The molecule has 0 aliphatic heterocycles. The van der Waals surface area contributed by atoms with Crippen LogP contribution in [0, 0.1) is 6.92 Å². The highest BCUT2D eigenvalue weighted by Crippen LogP contribution is 2.30. The van der Waals surface area contributed by atoms with Crippen molar-refractivity contribution in [2.24, 2.45) is 0 Å². The average molecular weight is 417 g/mol. The Kier molecular flexibility index (Phi) is 6.19. The van der Waals surface area contributed by atoms with E-state index in [0.29, 0.717) is 29.6 Å². The highest BCUT2D eigenvalue weighted by Gasteiger charge is 2.23. The first-order valence-electron chi connectivity index (χ1n) is 8.93. The number of aryl methyl sites for hydroxylation is 1. The SMILES string of the molecule is COc1ccc(S(=O)(=O)N(C)CCc2noc(-c3cccc(C)c3)n2)cc1OC. The van der Waals surface area contributed by atoms with Gasteiger partial charge in [-0.1, -0.05) is 22.9 Å². The van der Waals surface area contributed by atoms with Gasteiger partial charge in [0.1, 0.15) is 0 Å². The first-order valence-corrected chi connectivity index (χ1v) is 10.4. The molecular weight excluding hydrogens is 394 g/mol. The lowest BCUT2D eigenvalue weighted by Gasteiger charge is -2.17. The molecule has 8 nitrogen and oxygen atoms in total. The average Bonchev–Trinajstić information content (AvgIpc) is 3.20. The van der Waals surface area contributed by atoms with Crippen LogP contribution in [0.2, 0.25) is 0 Å². The summed E-state index contributed by atoms with van der Waals surface area (Å²) < 4.78 is 42.6. The van der Waals surface area contributed by atoms with Crippen molar-refractivity contribution in [3.05, 3.63) is 53.9 Å². The number of methoxy groups -OCH3 is 2. The summed E-state index contributed by atoms with van der Waals surface area (Å²) in [6, 6.07) is 12.2. The summed E-state index contributed by atoms with van der Waals surface area (Å²) in [6.45, 7) is 2.18. The highest BCUT2D eigenvalue weighted by atomic mass is 32.2. The van der Waals surface area contributed by atoms with Gasteiger partial charge in [-0.25, -0.2) is 12.7 Å². The van der Waals surface area contributed by atoms with Crippen LogP contribution < -0.4 is 9.47 Å². The van der Waals surface area contributed by atoms with Crippen molar-refractivity contribution < 1.29 is 22.4 Å². The van der Waals surface area contributed by atoms with Gasteiger partial charge in [-0.2, -0.15) is 4.98 Å². The zero-order valence-corrected chi connectivity index (χ0v) is 17.6. The smallest absolute Gasteiger partial charge is 0.257 e. The second kappa shape index (κ2) is 8.62. The van der Waals surface area contributed by atoms with Gasteiger partial charge in [-0.3, -0.25) is 0 Å². The van der Waals surface area contributed by atoms with Crippen molar-refractivity contribution in [2.45, 2.75) is 18.2 Å². The molecule has 0 atom stereocenters. The van der Waals surface area contributed by atoms with Gasteiger partial charge in [-0.05, 0) is 31.2 Å². The summed E-state index contributed by atoms with van der Waals surface area (Å²) in [7, 11) is 0.754. The van der Waals surface area contributed by atoms with Gasteiger partial charge < -0.3 is 14.0 Å². The number of nitrogens with zero attached hydrogens (tertiary/aromatic N) is 3. The maximum Gasteiger partial charge on any atom is 0.257 e. The molecule has 1 aromatic heterocycles. The normalized spacial score (nSPS) is 11.6. The van der Waals surface area contributed by atoms with E-state index in [9.17, 15) is 8.42 Å². The second-order valence-corrected chi connectivity index (χ2v) is 8.52. The predicted octanol–water partition coefficient (Wildman–Crippen LogP) is 2.93. The van der Waals surface area contributed by atoms with E-state index in [1.807, 2.05) is 31.2 Å². The van der Waals surface area contributed by atoms with Crippen molar-refractivity contribution in [1.29, 1.82) is 0 Å². The summed E-state index contributed by atoms with van der Waals surface area (Å²) in [5.74, 6) is 1.66. The molecule has 3 rings (SSSR count). The van der Waals surface area contributed by atoms with Crippen LogP contribution in [0.3, 0.4) is 0 Å². The lowest BCUT2D eigenvalue weighted by Crippen LogP contribution is -2.29. The Hall–Kier alpha value is -2.91. The van der Waals surface area contributed by atoms with Crippen LogP contribution in [0.25, 0.3) is 11.5 Å². The molecule has 0 fully saturated rings. The minimum Gasteiger partial charge on any atom is -0.493 e. The number of ether oxygens (including phenoxy) is 2. The number of aromatic nitrogens is 2. The molecule has 3 aromatic rings. The molecule has 29 heavy (non-hydrogen) atoms. The van der Waals surface area contributed by atoms with Crippen molar-refractivity contribution >= 4 is 10.0 Å². The number of likely N-dealkylation sites (N-methyl/N-ethyl adjacent to an activating group) is 1. The quantitative estimate of drug-likeness (QED) is 0.556. The Balaban J connectivity index is 1.71. The Morgan fingerprint density at radius 3 is 2.52 bits per heavy atom. The first kappa shape index (κ1) is 20.8. The molecule has 0 aliphatic carbocycles. The molecular formula is C20H23N3O5S. The lowest BCUT2D eigenvalue weighted by atomic mass is 10.1. The van der Waals surface area contributed by atoms with E-state index in [-0.39, 0.29) is 11.4 Å². The molecule has 2 aromatic carbocycles. The number of hydrogen-bond acceptors (Lipinski definition) is 7. The maximum absolute atomic E-state index is 12.9. The van der Waals surface area contributed by atoms with Crippen LogP contribution in [0.4, 0.5) is 0 Å². The molecule has 154 valence electrons.